The zero-order valence-electron chi connectivity index (χ0n) is 10.4. The van der Waals surface area contributed by atoms with Crippen LogP contribution in [0.3, 0.4) is 0 Å². The van der Waals surface area contributed by atoms with E-state index in [9.17, 15) is 4.79 Å². The van der Waals surface area contributed by atoms with Crippen molar-refractivity contribution in [3.8, 4) is 6.07 Å². The molecule has 0 aliphatic heterocycles. The average molecular weight is 305 g/mol. The molecule has 0 saturated heterocycles. The first-order chi connectivity index (χ1) is 9.78. The maximum atomic E-state index is 11.9. The summed E-state index contributed by atoms with van der Waals surface area (Å²) in [5, 5.41) is 22.7. The summed E-state index contributed by atoms with van der Waals surface area (Å²) in [7, 11) is 0. The van der Waals surface area contributed by atoms with Crippen molar-refractivity contribution in [2.24, 2.45) is 0 Å². The number of anilines is 1. The van der Waals surface area contributed by atoms with Gasteiger partial charge in [-0.25, -0.2) is 0 Å². The molecule has 102 valence electrons. The summed E-state index contributed by atoms with van der Waals surface area (Å²) in [6.45, 7) is 0. The zero-order valence-corrected chi connectivity index (χ0v) is 12.1. The van der Waals surface area contributed by atoms with Crippen molar-refractivity contribution in [1.82, 2.24) is 14.8 Å². The number of carbonyl (C=O) groups is 1. The second kappa shape index (κ2) is 5.64. The van der Waals surface area contributed by atoms with Crippen LogP contribution in [0.15, 0.2) is 22.9 Å². The maximum absolute atomic E-state index is 11.9. The van der Waals surface area contributed by atoms with Crippen molar-refractivity contribution in [2.75, 3.05) is 11.1 Å². The molecule has 0 radical (unpaired) electrons. The Hall–Kier alpha value is -1.85. The van der Waals surface area contributed by atoms with Crippen molar-refractivity contribution in [1.29, 1.82) is 5.26 Å². The molecular weight excluding hydrogens is 294 g/mol. The number of nitriles is 1. The SMILES string of the molecule is N#Cc1ccsc1NC(=O)CSc1nncn1C1CC1. The summed E-state index contributed by atoms with van der Waals surface area (Å²) in [5.41, 5.74) is 0.495. The van der Waals surface area contributed by atoms with E-state index in [1.54, 1.807) is 17.8 Å². The molecule has 2 aromatic rings. The Balaban J connectivity index is 1.57. The Morgan fingerprint density at radius 3 is 3.25 bits per heavy atom. The second-order valence-electron chi connectivity index (χ2n) is 4.36. The Morgan fingerprint density at radius 2 is 2.50 bits per heavy atom. The van der Waals surface area contributed by atoms with E-state index >= 15 is 0 Å². The predicted octanol–water partition coefficient (Wildman–Crippen LogP) is 2.28. The van der Waals surface area contributed by atoms with E-state index in [0.29, 0.717) is 16.6 Å². The second-order valence-corrected chi connectivity index (χ2v) is 6.22. The molecule has 1 amide bonds. The molecule has 0 atom stereocenters. The van der Waals surface area contributed by atoms with Crippen LogP contribution in [-0.2, 0) is 4.79 Å². The molecule has 0 aromatic carbocycles. The van der Waals surface area contributed by atoms with Crippen LogP contribution in [0.4, 0.5) is 5.00 Å². The molecule has 6 nitrogen and oxygen atoms in total. The highest BCUT2D eigenvalue weighted by Gasteiger charge is 2.26. The summed E-state index contributed by atoms with van der Waals surface area (Å²) in [6, 6.07) is 4.24. The summed E-state index contributed by atoms with van der Waals surface area (Å²) in [6.07, 6.45) is 4.02. The Bertz CT molecular complexity index is 667. The van der Waals surface area contributed by atoms with E-state index in [1.165, 1.54) is 23.1 Å². The van der Waals surface area contributed by atoms with Gasteiger partial charge in [0.1, 0.15) is 17.4 Å². The van der Waals surface area contributed by atoms with E-state index < -0.39 is 0 Å². The third-order valence-electron chi connectivity index (χ3n) is 2.85. The number of nitrogens with one attached hydrogen (secondary N) is 1. The Kier molecular flexibility index (Phi) is 3.71. The number of thioether (sulfide) groups is 1. The number of carbonyl (C=O) groups excluding carboxylic acids is 1. The van der Waals surface area contributed by atoms with Crippen LogP contribution in [0.5, 0.6) is 0 Å². The minimum Gasteiger partial charge on any atom is -0.316 e. The lowest BCUT2D eigenvalue weighted by Crippen LogP contribution is -2.14. The van der Waals surface area contributed by atoms with Crippen molar-refractivity contribution in [3.05, 3.63) is 23.3 Å². The summed E-state index contributed by atoms with van der Waals surface area (Å²) >= 11 is 2.71. The van der Waals surface area contributed by atoms with Gasteiger partial charge in [-0.05, 0) is 24.3 Å². The highest BCUT2D eigenvalue weighted by molar-refractivity contribution is 7.99. The van der Waals surface area contributed by atoms with Crippen LogP contribution in [0.25, 0.3) is 0 Å². The van der Waals surface area contributed by atoms with Gasteiger partial charge in [-0.2, -0.15) is 5.26 Å². The van der Waals surface area contributed by atoms with Crippen LogP contribution in [0, 0.1) is 11.3 Å². The molecule has 3 rings (SSSR count). The predicted molar refractivity (Wildman–Crippen MR) is 76.7 cm³/mol. The van der Waals surface area contributed by atoms with Crippen LogP contribution < -0.4 is 5.32 Å². The van der Waals surface area contributed by atoms with Gasteiger partial charge in [-0.3, -0.25) is 4.79 Å². The van der Waals surface area contributed by atoms with Crippen molar-refractivity contribution < 1.29 is 4.79 Å². The molecule has 0 bridgehead atoms. The molecule has 1 aliphatic carbocycles. The van der Waals surface area contributed by atoms with Crippen molar-refractivity contribution in [2.45, 2.75) is 24.0 Å². The summed E-state index contributed by atoms with van der Waals surface area (Å²) in [5.74, 6) is 0.119. The van der Waals surface area contributed by atoms with Gasteiger partial charge in [0, 0.05) is 6.04 Å². The van der Waals surface area contributed by atoms with Crippen LogP contribution in [0.1, 0.15) is 24.4 Å². The Morgan fingerprint density at radius 1 is 1.65 bits per heavy atom. The minimum absolute atomic E-state index is 0.140. The van der Waals surface area contributed by atoms with E-state index in [2.05, 4.69) is 15.5 Å². The largest absolute Gasteiger partial charge is 0.316 e. The molecule has 2 aromatic heterocycles. The lowest BCUT2D eigenvalue weighted by Gasteiger charge is -2.04. The fraction of sp³-hybridized carbons (Fsp3) is 0.333. The maximum Gasteiger partial charge on any atom is 0.235 e. The highest BCUT2D eigenvalue weighted by Crippen LogP contribution is 2.37. The molecular formula is C12H11N5OS2. The molecule has 0 spiro atoms. The Labute approximate surface area is 123 Å². The number of nitrogens with zero attached hydrogens (tertiary/aromatic N) is 4. The molecule has 1 aliphatic rings. The molecule has 1 saturated carbocycles. The molecule has 8 heteroatoms. The fourth-order valence-corrected chi connectivity index (χ4v) is 3.26. The summed E-state index contributed by atoms with van der Waals surface area (Å²) < 4.78 is 2.02. The van der Waals surface area contributed by atoms with E-state index in [1.807, 2.05) is 10.6 Å². The number of amides is 1. The molecule has 1 N–H and O–H groups in total. The van der Waals surface area contributed by atoms with E-state index in [4.69, 9.17) is 5.26 Å². The lowest BCUT2D eigenvalue weighted by molar-refractivity contribution is -0.113. The zero-order chi connectivity index (χ0) is 13.9. The monoisotopic (exact) mass is 305 g/mol. The smallest absolute Gasteiger partial charge is 0.235 e. The van der Waals surface area contributed by atoms with Crippen LogP contribution in [0.2, 0.25) is 0 Å². The number of hydrogen-bond acceptors (Lipinski definition) is 6. The fourth-order valence-electron chi connectivity index (χ4n) is 1.73. The number of hydrogen-bond donors (Lipinski definition) is 1. The van der Waals surface area contributed by atoms with E-state index in [0.717, 1.165) is 18.0 Å². The number of rotatable bonds is 5. The average Bonchev–Trinajstić information content (AvgIpc) is 3.01. The molecule has 1 fully saturated rings. The number of aromatic nitrogens is 3. The van der Waals surface area contributed by atoms with Gasteiger partial charge in [-0.1, -0.05) is 11.8 Å². The third-order valence-corrected chi connectivity index (χ3v) is 4.64. The van der Waals surface area contributed by atoms with Gasteiger partial charge in [0.25, 0.3) is 0 Å². The minimum atomic E-state index is -0.140. The normalized spacial score (nSPS) is 13.9. The first-order valence-electron chi connectivity index (χ1n) is 6.07. The van der Waals surface area contributed by atoms with Gasteiger partial charge >= 0.3 is 0 Å². The van der Waals surface area contributed by atoms with Crippen molar-refractivity contribution >= 4 is 34.0 Å². The van der Waals surface area contributed by atoms with Crippen molar-refractivity contribution in [3.63, 3.8) is 0 Å². The number of thiophene rings is 1. The van der Waals surface area contributed by atoms with Crippen LogP contribution >= 0.6 is 23.1 Å². The van der Waals surface area contributed by atoms with Gasteiger partial charge in [0.15, 0.2) is 5.16 Å². The van der Waals surface area contributed by atoms with Gasteiger partial charge < -0.3 is 9.88 Å². The molecule has 2 heterocycles. The quantitative estimate of drug-likeness (QED) is 0.857. The van der Waals surface area contributed by atoms with Gasteiger partial charge in [0.2, 0.25) is 5.91 Å². The van der Waals surface area contributed by atoms with Gasteiger partial charge in [0.05, 0.1) is 11.3 Å². The summed E-state index contributed by atoms with van der Waals surface area (Å²) in [4.78, 5) is 11.9. The van der Waals surface area contributed by atoms with E-state index in [-0.39, 0.29) is 11.7 Å². The van der Waals surface area contributed by atoms with Crippen LogP contribution in [-0.4, -0.2) is 26.4 Å². The third kappa shape index (κ3) is 2.84. The topological polar surface area (TPSA) is 83.6 Å². The highest BCUT2D eigenvalue weighted by atomic mass is 32.2. The first-order valence-corrected chi connectivity index (χ1v) is 7.94. The lowest BCUT2D eigenvalue weighted by atomic mass is 10.3. The molecule has 0 unspecified atom stereocenters. The van der Waals surface area contributed by atoms with Gasteiger partial charge in [-0.15, -0.1) is 21.5 Å². The first kappa shape index (κ1) is 13.1. The standard InChI is InChI=1S/C12H11N5OS2/c13-5-8-3-4-19-11(8)15-10(18)6-20-12-16-14-7-17(12)9-1-2-9/h3-4,7,9H,1-2,6H2,(H,15,18). The molecule has 20 heavy (non-hydrogen) atoms.